The Kier molecular flexibility index (Phi) is 6.36. The number of nitrogens with zero attached hydrogens (tertiary/aromatic N) is 1. The molecule has 2 atom stereocenters. The number of amides is 2. The Morgan fingerprint density at radius 2 is 1.64 bits per heavy atom. The van der Waals surface area contributed by atoms with Gasteiger partial charge in [-0.25, -0.2) is 4.39 Å². The Morgan fingerprint density at radius 3 is 2.24 bits per heavy atom. The molecule has 3 aromatic carbocycles. The zero-order chi connectivity index (χ0) is 23.5. The first-order valence-corrected chi connectivity index (χ1v) is 11.0. The van der Waals surface area contributed by atoms with Crippen LogP contribution in [0.15, 0.2) is 72.8 Å². The normalized spacial score (nSPS) is 19.1. The first-order valence-electron chi connectivity index (χ1n) is 11.0. The largest absolute Gasteiger partial charge is 0.334 e. The number of hydrogen-bond acceptors (Lipinski definition) is 2. The Hall–Kier alpha value is -3.80. The van der Waals surface area contributed by atoms with E-state index >= 15 is 0 Å². The first-order chi connectivity index (χ1) is 15.8. The van der Waals surface area contributed by atoms with Crippen molar-refractivity contribution in [2.45, 2.75) is 38.8 Å². The third-order valence-corrected chi connectivity index (χ3v) is 5.84. The highest BCUT2D eigenvalue weighted by Crippen LogP contribution is 2.26. The predicted octanol–water partition coefficient (Wildman–Crippen LogP) is 4.27. The maximum atomic E-state index is 13.3. The van der Waals surface area contributed by atoms with E-state index in [0.29, 0.717) is 11.5 Å². The molecular formula is C27H27FN3O2+. The lowest BCUT2D eigenvalue weighted by Gasteiger charge is -2.15. The molecule has 4 rings (SSSR count). The van der Waals surface area contributed by atoms with Crippen LogP contribution in [0.3, 0.4) is 0 Å². The van der Waals surface area contributed by atoms with E-state index in [1.54, 1.807) is 4.68 Å². The lowest BCUT2D eigenvalue weighted by atomic mass is 9.98. The summed E-state index contributed by atoms with van der Waals surface area (Å²) in [4.78, 5) is 25.8. The second-order valence-corrected chi connectivity index (χ2v) is 8.65. The number of benzene rings is 3. The SMILES string of the molecule is Cc1ccc([C@@H]2[C@H](NC(=O)c3ccc(F)cc3)C(=O)N/[N+]2=C\c2ccc(C(C)C)cc2)cc1. The standard InChI is InChI=1S/C27H26FN3O2/c1-17(2)20-10-6-19(7-11-20)16-31-25(21-8-4-18(3)5-9-21)24(27(33)30-31)29-26(32)22-12-14-23(28)15-13-22/h4-17,24-25H,1-3H3,(H-,29,30,32,33)/p+1/b31-16-/t24-,25+/m0/s1. The second-order valence-electron chi connectivity index (χ2n) is 8.65. The summed E-state index contributed by atoms with van der Waals surface area (Å²) in [6.45, 7) is 6.28. The summed E-state index contributed by atoms with van der Waals surface area (Å²) in [7, 11) is 0. The van der Waals surface area contributed by atoms with Crippen LogP contribution in [-0.2, 0) is 4.79 Å². The molecule has 2 N–H and O–H groups in total. The third-order valence-electron chi connectivity index (χ3n) is 5.84. The van der Waals surface area contributed by atoms with E-state index in [-0.39, 0.29) is 5.91 Å². The van der Waals surface area contributed by atoms with Gasteiger partial charge in [-0.1, -0.05) is 55.8 Å². The number of hydrazone groups is 1. The molecule has 0 aliphatic carbocycles. The molecule has 1 heterocycles. The average Bonchev–Trinajstić information content (AvgIpc) is 3.09. The Morgan fingerprint density at radius 1 is 1.00 bits per heavy atom. The zero-order valence-electron chi connectivity index (χ0n) is 18.9. The van der Waals surface area contributed by atoms with Crippen molar-refractivity contribution in [1.29, 1.82) is 0 Å². The summed E-state index contributed by atoms with van der Waals surface area (Å²) in [6.07, 6.45) is 1.87. The number of halogens is 1. The molecule has 168 valence electrons. The van der Waals surface area contributed by atoms with E-state index < -0.39 is 23.8 Å². The van der Waals surface area contributed by atoms with Crippen LogP contribution < -0.4 is 10.7 Å². The van der Waals surface area contributed by atoms with E-state index in [2.05, 4.69) is 36.7 Å². The molecule has 0 aromatic heterocycles. The molecule has 0 radical (unpaired) electrons. The van der Waals surface area contributed by atoms with Gasteiger partial charge in [-0.05, 0) is 54.8 Å². The minimum absolute atomic E-state index is 0.290. The van der Waals surface area contributed by atoms with Gasteiger partial charge in [0.25, 0.3) is 5.91 Å². The van der Waals surface area contributed by atoms with Crippen LogP contribution in [0, 0.1) is 12.7 Å². The molecule has 1 saturated heterocycles. The van der Waals surface area contributed by atoms with E-state index in [4.69, 9.17) is 0 Å². The molecule has 33 heavy (non-hydrogen) atoms. The summed E-state index contributed by atoms with van der Waals surface area (Å²) >= 11 is 0. The number of hydrazine groups is 1. The third kappa shape index (κ3) is 5.00. The minimum Gasteiger partial charge on any atom is -0.334 e. The van der Waals surface area contributed by atoms with Crippen LogP contribution in [0.5, 0.6) is 0 Å². The number of aryl methyl sites for hydroxylation is 1. The molecule has 1 aliphatic heterocycles. The van der Waals surface area contributed by atoms with Gasteiger partial charge >= 0.3 is 5.91 Å². The van der Waals surface area contributed by atoms with Crippen molar-refractivity contribution in [3.8, 4) is 0 Å². The van der Waals surface area contributed by atoms with Crippen LogP contribution in [0.4, 0.5) is 4.39 Å². The Balaban J connectivity index is 1.68. The highest BCUT2D eigenvalue weighted by Gasteiger charge is 2.47. The fourth-order valence-electron chi connectivity index (χ4n) is 3.90. The van der Waals surface area contributed by atoms with Crippen molar-refractivity contribution in [1.82, 2.24) is 10.7 Å². The smallest absolute Gasteiger partial charge is 0.304 e. The van der Waals surface area contributed by atoms with Crippen LogP contribution in [0.1, 0.15) is 58.4 Å². The van der Waals surface area contributed by atoms with Crippen LogP contribution in [0.2, 0.25) is 0 Å². The summed E-state index contributed by atoms with van der Waals surface area (Å²) in [5, 5.41) is 2.83. The predicted molar refractivity (Wildman–Crippen MR) is 126 cm³/mol. The van der Waals surface area contributed by atoms with Crippen molar-refractivity contribution in [2.75, 3.05) is 0 Å². The van der Waals surface area contributed by atoms with Gasteiger partial charge in [-0.2, -0.15) is 0 Å². The molecular weight excluding hydrogens is 417 g/mol. The zero-order valence-corrected chi connectivity index (χ0v) is 18.9. The van der Waals surface area contributed by atoms with E-state index in [1.165, 1.54) is 29.8 Å². The lowest BCUT2D eigenvalue weighted by Crippen LogP contribution is -2.42. The molecule has 0 spiro atoms. The molecule has 1 fully saturated rings. The van der Waals surface area contributed by atoms with E-state index in [1.807, 2.05) is 49.5 Å². The van der Waals surface area contributed by atoms with Gasteiger partial charge in [0.05, 0.1) is 0 Å². The van der Waals surface area contributed by atoms with Gasteiger partial charge in [0.15, 0.2) is 6.04 Å². The van der Waals surface area contributed by atoms with E-state index in [9.17, 15) is 14.0 Å². The fraction of sp³-hybridized carbons (Fsp3) is 0.222. The van der Waals surface area contributed by atoms with E-state index in [0.717, 1.165) is 16.7 Å². The molecule has 0 saturated carbocycles. The Labute approximate surface area is 192 Å². The van der Waals surface area contributed by atoms with Crippen molar-refractivity contribution in [3.63, 3.8) is 0 Å². The van der Waals surface area contributed by atoms with Gasteiger partial charge in [0.2, 0.25) is 12.3 Å². The van der Waals surface area contributed by atoms with Gasteiger partial charge in [0, 0.05) is 16.7 Å². The number of carbonyl (C=O) groups is 2. The Bertz CT molecular complexity index is 1180. The van der Waals surface area contributed by atoms with Crippen LogP contribution in [0.25, 0.3) is 0 Å². The van der Waals surface area contributed by atoms with Crippen LogP contribution >= 0.6 is 0 Å². The monoisotopic (exact) mass is 444 g/mol. The molecule has 1 aliphatic rings. The highest BCUT2D eigenvalue weighted by molar-refractivity contribution is 5.98. The number of carbonyl (C=O) groups excluding carboxylic acids is 2. The fourth-order valence-corrected chi connectivity index (χ4v) is 3.90. The van der Waals surface area contributed by atoms with Gasteiger partial charge < -0.3 is 5.32 Å². The van der Waals surface area contributed by atoms with Crippen LogP contribution in [-0.4, -0.2) is 28.8 Å². The number of nitrogens with one attached hydrogen (secondary N) is 2. The summed E-state index contributed by atoms with van der Waals surface area (Å²) in [6, 6.07) is 20.0. The summed E-state index contributed by atoms with van der Waals surface area (Å²) in [5.74, 6) is -0.745. The lowest BCUT2D eigenvalue weighted by molar-refractivity contribution is -0.596. The topological polar surface area (TPSA) is 61.2 Å². The minimum atomic E-state index is -0.823. The van der Waals surface area contributed by atoms with Crippen molar-refractivity contribution in [2.24, 2.45) is 0 Å². The maximum absolute atomic E-state index is 13.3. The van der Waals surface area contributed by atoms with Gasteiger partial charge in [-0.15, -0.1) is 10.1 Å². The quantitative estimate of drug-likeness (QED) is 0.578. The molecule has 0 bridgehead atoms. The van der Waals surface area contributed by atoms with Gasteiger partial charge in [0.1, 0.15) is 5.82 Å². The summed E-state index contributed by atoms with van der Waals surface area (Å²) in [5.41, 5.74) is 7.33. The van der Waals surface area contributed by atoms with Crippen molar-refractivity contribution < 1.29 is 18.7 Å². The highest BCUT2D eigenvalue weighted by atomic mass is 19.1. The molecule has 3 aromatic rings. The first kappa shape index (κ1) is 22.4. The van der Waals surface area contributed by atoms with Gasteiger partial charge in [-0.3, -0.25) is 9.59 Å². The maximum Gasteiger partial charge on any atom is 0.304 e. The average molecular weight is 445 g/mol. The number of hydrogen-bond donors (Lipinski definition) is 2. The molecule has 0 unspecified atom stereocenters. The molecule has 5 nitrogen and oxygen atoms in total. The molecule has 6 heteroatoms. The van der Waals surface area contributed by atoms with Crippen molar-refractivity contribution in [3.05, 3.63) is 106 Å². The van der Waals surface area contributed by atoms with Crippen molar-refractivity contribution >= 4 is 18.0 Å². The molecule has 2 amide bonds. The summed E-state index contributed by atoms with van der Waals surface area (Å²) < 4.78 is 15.0. The second kappa shape index (κ2) is 9.36. The number of rotatable bonds is 5.